The molecular weight excluding hydrogens is 257 g/mol. The number of rotatable bonds is 5. The van der Waals surface area contributed by atoms with Crippen LogP contribution in [-0.2, 0) is 4.74 Å². The molecule has 0 spiro atoms. The van der Waals surface area contributed by atoms with Crippen LogP contribution in [0.2, 0.25) is 0 Å². The summed E-state index contributed by atoms with van der Waals surface area (Å²) in [5.41, 5.74) is -0.288. The van der Waals surface area contributed by atoms with E-state index in [4.69, 9.17) is 4.74 Å². The topological polar surface area (TPSA) is 29.5 Å². The maximum absolute atomic E-state index is 12.5. The van der Waals surface area contributed by atoms with E-state index in [2.05, 4.69) is 0 Å². The minimum Gasteiger partial charge on any atom is -0.393 e. The molecule has 5 heteroatoms. The summed E-state index contributed by atoms with van der Waals surface area (Å²) >= 11 is 0. The largest absolute Gasteiger partial charge is 0.393 e. The van der Waals surface area contributed by atoms with Crippen LogP contribution in [0.5, 0.6) is 0 Å². The van der Waals surface area contributed by atoms with Crippen LogP contribution in [0.3, 0.4) is 0 Å². The van der Waals surface area contributed by atoms with Crippen LogP contribution in [-0.4, -0.2) is 30.1 Å². The molecule has 0 heterocycles. The first kappa shape index (κ1) is 16.8. The number of aliphatic hydroxyl groups excluding tert-OH is 1. The van der Waals surface area contributed by atoms with Crippen molar-refractivity contribution in [2.45, 2.75) is 70.3 Å². The highest BCUT2D eigenvalue weighted by molar-refractivity contribution is 4.82. The number of ether oxygens (including phenoxy) is 1. The number of hydrogen-bond donors (Lipinski definition) is 1. The van der Waals surface area contributed by atoms with Crippen LogP contribution in [0.15, 0.2) is 0 Å². The molecule has 2 nitrogen and oxygen atoms in total. The molecular formula is C14H25F3O2. The molecule has 1 saturated carbocycles. The second-order valence-corrected chi connectivity index (χ2v) is 6.22. The number of halogens is 3. The molecule has 1 fully saturated rings. The van der Waals surface area contributed by atoms with E-state index in [0.29, 0.717) is 25.7 Å². The Labute approximate surface area is 113 Å². The third-order valence-corrected chi connectivity index (χ3v) is 4.37. The zero-order valence-corrected chi connectivity index (χ0v) is 12.0. The van der Waals surface area contributed by atoms with Crippen LogP contribution in [0.4, 0.5) is 13.2 Å². The molecule has 1 aliphatic rings. The Kier molecular flexibility index (Phi) is 5.68. The van der Waals surface area contributed by atoms with Gasteiger partial charge < -0.3 is 9.84 Å². The highest BCUT2D eigenvalue weighted by Gasteiger charge is 2.42. The minimum absolute atomic E-state index is 0.00579. The van der Waals surface area contributed by atoms with Gasteiger partial charge in [-0.1, -0.05) is 0 Å². The normalized spacial score (nSPS) is 27.3. The Morgan fingerprint density at radius 1 is 1.16 bits per heavy atom. The summed E-state index contributed by atoms with van der Waals surface area (Å²) in [6.07, 6.45) is -2.04. The first-order valence-corrected chi connectivity index (χ1v) is 6.95. The van der Waals surface area contributed by atoms with Crippen LogP contribution in [0.25, 0.3) is 0 Å². The van der Waals surface area contributed by atoms with Gasteiger partial charge >= 0.3 is 6.18 Å². The summed E-state index contributed by atoms with van der Waals surface area (Å²) in [4.78, 5) is 0. The van der Waals surface area contributed by atoms with Crippen molar-refractivity contribution in [2.24, 2.45) is 11.8 Å². The van der Waals surface area contributed by atoms with Crippen molar-refractivity contribution in [1.82, 2.24) is 0 Å². The second kappa shape index (κ2) is 6.44. The zero-order valence-electron chi connectivity index (χ0n) is 12.0. The molecule has 114 valence electrons. The van der Waals surface area contributed by atoms with E-state index in [1.54, 1.807) is 7.11 Å². The van der Waals surface area contributed by atoms with Gasteiger partial charge in [-0.2, -0.15) is 13.2 Å². The molecule has 0 amide bonds. The first-order valence-electron chi connectivity index (χ1n) is 6.95. The standard InChI is InChI=1S/C14H25F3O2/c1-13(2,19-3)9-8-12(18)10-4-6-11(7-5-10)14(15,16)17/h10-12,18H,4-9H2,1-3H3. The van der Waals surface area contributed by atoms with Gasteiger partial charge in [0.25, 0.3) is 0 Å². The molecule has 0 aliphatic heterocycles. The maximum Gasteiger partial charge on any atom is 0.391 e. The lowest BCUT2D eigenvalue weighted by atomic mass is 9.77. The molecule has 0 radical (unpaired) electrons. The van der Waals surface area contributed by atoms with Gasteiger partial charge in [-0.05, 0) is 58.3 Å². The Hall–Kier alpha value is -0.290. The smallest absolute Gasteiger partial charge is 0.391 e. The quantitative estimate of drug-likeness (QED) is 0.828. The van der Waals surface area contributed by atoms with Gasteiger partial charge in [-0.25, -0.2) is 0 Å². The van der Waals surface area contributed by atoms with E-state index in [1.807, 2.05) is 13.8 Å². The van der Waals surface area contributed by atoms with Crippen molar-refractivity contribution in [3.63, 3.8) is 0 Å². The summed E-state index contributed by atoms with van der Waals surface area (Å²) in [7, 11) is 1.63. The van der Waals surface area contributed by atoms with Gasteiger partial charge in [0, 0.05) is 7.11 Å². The fourth-order valence-electron chi connectivity index (χ4n) is 2.66. The zero-order chi connectivity index (χ0) is 14.7. The van der Waals surface area contributed by atoms with Crippen LogP contribution < -0.4 is 0 Å². The molecule has 0 aromatic rings. The number of methoxy groups -OCH3 is 1. The molecule has 19 heavy (non-hydrogen) atoms. The van der Waals surface area contributed by atoms with Gasteiger partial charge in [0.05, 0.1) is 17.6 Å². The van der Waals surface area contributed by atoms with Gasteiger partial charge in [0.2, 0.25) is 0 Å². The third-order valence-electron chi connectivity index (χ3n) is 4.37. The lowest BCUT2D eigenvalue weighted by molar-refractivity contribution is -0.185. The Balaban J connectivity index is 2.35. The van der Waals surface area contributed by atoms with E-state index < -0.39 is 18.2 Å². The van der Waals surface area contributed by atoms with Crippen LogP contribution >= 0.6 is 0 Å². The van der Waals surface area contributed by atoms with Crippen LogP contribution in [0, 0.1) is 11.8 Å². The molecule has 1 rings (SSSR count). The highest BCUT2D eigenvalue weighted by atomic mass is 19.4. The van der Waals surface area contributed by atoms with Crippen molar-refractivity contribution in [2.75, 3.05) is 7.11 Å². The van der Waals surface area contributed by atoms with Crippen molar-refractivity contribution in [1.29, 1.82) is 0 Å². The van der Waals surface area contributed by atoms with Crippen LogP contribution in [0.1, 0.15) is 52.4 Å². The predicted molar refractivity (Wildman–Crippen MR) is 67.8 cm³/mol. The SMILES string of the molecule is COC(C)(C)CCC(O)C1CCC(C(F)(F)F)CC1. The monoisotopic (exact) mass is 282 g/mol. The summed E-state index contributed by atoms with van der Waals surface area (Å²) in [5.74, 6) is -1.17. The van der Waals surface area contributed by atoms with E-state index in [9.17, 15) is 18.3 Å². The van der Waals surface area contributed by atoms with E-state index in [1.165, 1.54) is 0 Å². The molecule has 0 bridgehead atoms. The molecule has 1 atom stereocenters. The van der Waals surface area contributed by atoms with Gasteiger partial charge in [-0.3, -0.25) is 0 Å². The fraction of sp³-hybridized carbons (Fsp3) is 1.00. The average Bonchev–Trinajstić information content (AvgIpc) is 2.35. The van der Waals surface area contributed by atoms with E-state index in [-0.39, 0.29) is 24.4 Å². The first-order chi connectivity index (χ1) is 8.65. The van der Waals surface area contributed by atoms with Gasteiger partial charge in [0.15, 0.2) is 0 Å². The number of aliphatic hydroxyl groups is 1. The van der Waals surface area contributed by atoms with E-state index in [0.717, 1.165) is 0 Å². The predicted octanol–water partition coefficient (Wildman–Crippen LogP) is 3.92. The summed E-state index contributed by atoms with van der Waals surface area (Å²) in [5, 5.41) is 10.1. The Morgan fingerprint density at radius 2 is 1.68 bits per heavy atom. The molecule has 0 saturated heterocycles. The van der Waals surface area contributed by atoms with Crippen molar-refractivity contribution in [3.05, 3.63) is 0 Å². The fourth-order valence-corrected chi connectivity index (χ4v) is 2.66. The highest BCUT2D eigenvalue weighted by Crippen LogP contribution is 2.41. The van der Waals surface area contributed by atoms with E-state index >= 15 is 0 Å². The molecule has 0 aromatic heterocycles. The lowest BCUT2D eigenvalue weighted by Gasteiger charge is -2.33. The number of hydrogen-bond acceptors (Lipinski definition) is 2. The average molecular weight is 282 g/mol. The summed E-state index contributed by atoms with van der Waals surface area (Å²) < 4.78 is 42.9. The summed E-state index contributed by atoms with van der Waals surface area (Å²) in [6, 6.07) is 0. The van der Waals surface area contributed by atoms with Crippen molar-refractivity contribution in [3.8, 4) is 0 Å². The Bertz CT molecular complexity index is 268. The molecule has 1 N–H and O–H groups in total. The third kappa shape index (κ3) is 5.30. The second-order valence-electron chi connectivity index (χ2n) is 6.22. The van der Waals surface area contributed by atoms with Crippen molar-refractivity contribution < 1.29 is 23.0 Å². The van der Waals surface area contributed by atoms with Gasteiger partial charge in [-0.15, -0.1) is 0 Å². The molecule has 0 aromatic carbocycles. The lowest BCUT2D eigenvalue weighted by Crippen LogP contribution is -2.33. The minimum atomic E-state index is -4.08. The Morgan fingerprint density at radius 3 is 2.11 bits per heavy atom. The van der Waals surface area contributed by atoms with Crippen molar-refractivity contribution >= 4 is 0 Å². The molecule has 1 aliphatic carbocycles. The van der Waals surface area contributed by atoms with Gasteiger partial charge in [0.1, 0.15) is 0 Å². The maximum atomic E-state index is 12.5. The number of alkyl halides is 3. The summed E-state index contributed by atoms with van der Waals surface area (Å²) in [6.45, 7) is 3.89. The molecule has 1 unspecified atom stereocenters.